The van der Waals surface area contributed by atoms with Crippen molar-refractivity contribution in [2.45, 2.75) is 63.5 Å². The molecule has 5 rings (SSSR count). The Morgan fingerprint density at radius 3 is 2.16 bits per heavy atom. The number of nitrogens with zero attached hydrogens (tertiary/aromatic N) is 6. The van der Waals surface area contributed by atoms with Crippen LogP contribution in [-0.4, -0.2) is 101 Å². The molecule has 1 unspecified atom stereocenters. The molecule has 2 aromatic carbocycles. The lowest BCUT2D eigenvalue weighted by Crippen LogP contribution is -2.45. The molecule has 0 spiro atoms. The summed E-state index contributed by atoms with van der Waals surface area (Å²) in [5.74, 6) is 1.59. The summed E-state index contributed by atoms with van der Waals surface area (Å²) in [6.07, 6.45) is 3.61. The first-order chi connectivity index (χ1) is 21.5. The van der Waals surface area contributed by atoms with Crippen LogP contribution in [0.2, 0.25) is 0 Å². The summed E-state index contributed by atoms with van der Waals surface area (Å²) < 4.78 is 0. The molecule has 1 aliphatic heterocycles. The van der Waals surface area contributed by atoms with Gasteiger partial charge in [-0.2, -0.15) is 10.4 Å². The van der Waals surface area contributed by atoms with E-state index in [2.05, 4.69) is 23.4 Å². The molecule has 0 radical (unpaired) electrons. The maximum atomic E-state index is 13.0. The van der Waals surface area contributed by atoms with E-state index in [4.69, 9.17) is 15.5 Å². The number of aromatic amines is 1. The third-order valence-electron chi connectivity index (χ3n) is 9.06. The van der Waals surface area contributed by atoms with Gasteiger partial charge >= 0.3 is 0 Å². The van der Waals surface area contributed by atoms with Gasteiger partial charge in [-0.25, -0.2) is 4.98 Å². The Balaban J connectivity index is 1.63. The molecule has 0 bridgehead atoms. The molecule has 2 atom stereocenters. The highest BCUT2D eigenvalue weighted by atomic mass is 16.2. The Morgan fingerprint density at radius 2 is 1.67 bits per heavy atom. The molecule has 3 aromatic rings. The largest absolute Gasteiger partial charge is 0.345 e. The van der Waals surface area contributed by atoms with E-state index < -0.39 is 5.41 Å². The predicted octanol–water partition coefficient (Wildman–Crippen LogP) is 3.28. The van der Waals surface area contributed by atoms with Gasteiger partial charge in [0.1, 0.15) is 17.7 Å². The van der Waals surface area contributed by atoms with Crippen LogP contribution in [0.15, 0.2) is 36.4 Å². The topological polar surface area (TPSA) is 145 Å². The van der Waals surface area contributed by atoms with Crippen LogP contribution in [-0.2, 0) is 18.3 Å². The smallest absolute Gasteiger partial charge is 0.253 e. The first kappa shape index (κ1) is 31.9. The maximum absolute atomic E-state index is 13.0. The van der Waals surface area contributed by atoms with E-state index in [1.54, 1.807) is 38.0 Å². The van der Waals surface area contributed by atoms with E-state index in [9.17, 15) is 14.9 Å². The molecule has 3 N–H and O–H groups in total. The van der Waals surface area contributed by atoms with Crippen molar-refractivity contribution in [2.75, 3.05) is 41.3 Å². The summed E-state index contributed by atoms with van der Waals surface area (Å²) >= 11 is 0. The summed E-state index contributed by atoms with van der Waals surface area (Å²) in [5.41, 5.74) is 4.54. The van der Waals surface area contributed by atoms with Crippen molar-refractivity contribution in [3.8, 4) is 6.07 Å². The monoisotopic (exact) mass is 609 g/mol. The predicted molar refractivity (Wildman–Crippen MR) is 172 cm³/mol. The molecule has 2 amide bonds. The third kappa shape index (κ3) is 6.07. The molecule has 1 aromatic heterocycles. The number of hydrogen-bond donors (Lipinski definition) is 3. The third-order valence-corrected chi connectivity index (χ3v) is 9.06. The summed E-state index contributed by atoms with van der Waals surface area (Å²) in [4.78, 5) is 36.0. The second-order valence-electron chi connectivity index (χ2n) is 12.7. The SMILES string of the molecule is Cc1nc(C2(C[C@@H](C)NCC(=N)N3CCCC3C#N)c3ccc(C(=O)N(C)C)cc3CCc3cc(C(=O)N(C)C)ccc32)n[nH]1. The number of amidine groups is 1. The number of carbonyl (C=O) groups is 2. The summed E-state index contributed by atoms with van der Waals surface area (Å²) in [6.45, 7) is 5.02. The number of H-pyrrole nitrogens is 1. The molecular formula is C34H43N9O2. The van der Waals surface area contributed by atoms with Crippen LogP contribution in [0.1, 0.15) is 80.8 Å². The van der Waals surface area contributed by atoms with Crippen molar-refractivity contribution < 1.29 is 9.59 Å². The highest BCUT2D eigenvalue weighted by molar-refractivity contribution is 5.95. The molecule has 236 valence electrons. The Labute approximate surface area is 265 Å². The van der Waals surface area contributed by atoms with Crippen molar-refractivity contribution >= 4 is 17.6 Å². The number of amides is 2. The fraction of sp³-hybridized carbons (Fsp3) is 0.471. The van der Waals surface area contributed by atoms with Crippen LogP contribution >= 0.6 is 0 Å². The second kappa shape index (κ2) is 12.8. The van der Waals surface area contributed by atoms with Crippen LogP contribution in [0, 0.1) is 23.7 Å². The lowest BCUT2D eigenvalue weighted by molar-refractivity contribution is 0.0820. The highest BCUT2D eigenvalue weighted by Gasteiger charge is 2.45. The molecule has 1 saturated heterocycles. The standard InChI is InChI=1S/C34H43N9O2/c1-21(37-20-30(36)43-15-7-8-27(43)19-35)18-34(33-38-22(2)39-40-33)28-13-11-25(31(44)41(3)4)16-23(28)9-10-24-17-26(12-14-29(24)34)32(45)42(5)6/h11-14,16-17,21,27,36-37H,7-10,15,18,20H2,1-6H3,(H,38,39,40)/t21-,27?/m1/s1. The molecule has 11 nitrogen and oxygen atoms in total. The van der Waals surface area contributed by atoms with Crippen molar-refractivity contribution in [3.63, 3.8) is 0 Å². The van der Waals surface area contributed by atoms with E-state index in [-0.39, 0.29) is 23.9 Å². The quantitative estimate of drug-likeness (QED) is 0.263. The fourth-order valence-corrected chi connectivity index (χ4v) is 6.84. The Hall–Kier alpha value is -4.56. The minimum atomic E-state index is -0.817. The van der Waals surface area contributed by atoms with Gasteiger partial charge in [0, 0.05) is 51.9 Å². The van der Waals surface area contributed by atoms with Crippen molar-refractivity contribution in [2.24, 2.45) is 0 Å². The first-order valence-electron chi connectivity index (χ1n) is 15.5. The molecule has 2 heterocycles. The summed E-state index contributed by atoms with van der Waals surface area (Å²) in [6, 6.07) is 13.8. The zero-order chi connectivity index (χ0) is 32.5. The molecule has 1 fully saturated rings. The lowest BCUT2D eigenvalue weighted by atomic mass is 9.67. The molecule has 0 saturated carbocycles. The number of aryl methyl sites for hydroxylation is 3. The summed E-state index contributed by atoms with van der Waals surface area (Å²) in [7, 11) is 7.00. The van der Waals surface area contributed by atoms with Gasteiger partial charge in [-0.05, 0) is 92.5 Å². The lowest BCUT2D eigenvalue weighted by Gasteiger charge is -2.37. The van der Waals surface area contributed by atoms with E-state index in [1.165, 1.54) is 0 Å². The van der Waals surface area contributed by atoms with Crippen LogP contribution in [0.4, 0.5) is 0 Å². The Morgan fingerprint density at radius 1 is 1.09 bits per heavy atom. The van der Waals surface area contributed by atoms with Gasteiger partial charge < -0.3 is 20.0 Å². The number of hydrogen-bond acceptors (Lipinski definition) is 7. The van der Waals surface area contributed by atoms with Gasteiger partial charge in [-0.15, -0.1) is 0 Å². The Kier molecular flexibility index (Phi) is 9.07. The number of carbonyl (C=O) groups excluding carboxylic acids is 2. The minimum Gasteiger partial charge on any atom is -0.345 e. The van der Waals surface area contributed by atoms with E-state index in [0.717, 1.165) is 41.6 Å². The average molecular weight is 610 g/mol. The number of aromatic nitrogens is 3. The van der Waals surface area contributed by atoms with Crippen LogP contribution in [0.5, 0.6) is 0 Å². The average Bonchev–Trinajstić information content (AvgIpc) is 3.67. The maximum Gasteiger partial charge on any atom is 0.253 e. The molecule has 11 heteroatoms. The zero-order valence-electron chi connectivity index (χ0n) is 27.1. The van der Waals surface area contributed by atoms with E-state index in [0.29, 0.717) is 54.4 Å². The first-order valence-corrected chi connectivity index (χ1v) is 15.5. The van der Waals surface area contributed by atoms with Crippen molar-refractivity contribution in [1.82, 2.24) is 35.2 Å². The van der Waals surface area contributed by atoms with Crippen molar-refractivity contribution in [1.29, 1.82) is 10.7 Å². The van der Waals surface area contributed by atoms with Crippen molar-refractivity contribution in [3.05, 3.63) is 81.4 Å². The van der Waals surface area contributed by atoms with Crippen LogP contribution in [0.25, 0.3) is 0 Å². The number of benzene rings is 2. The van der Waals surface area contributed by atoms with E-state index in [1.807, 2.05) is 48.2 Å². The second-order valence-corrected chi connectivity index (χ2v) is 12.7. The number of fused-ring (bicyclic) bond motifs is 2. The molecular weight excluding hydrogens is 566 g/mol. The highest BCUT2D eigenvalue weighted by Crippen LogP contribution is 2.47. The number of nitriles is 1. The molecule has 45 heavy (non-hydrogen) atoms. The number of likely N-dealkylation sites (tertiary alicyclic amines) is 1. The minimum absolute atomic E-state index is 0.0658. The van der Waals surface area contributed by atoms with Gasteiger partial charge in [0.2, 0.25) is 0 Å². The van der Waals surface area contributed by atoms with Gasteiger partial charge in [0.05, 0.1) is 18.0 Å². The van der Waals surface area contributed by atoms with Gasteiger partial charge in [0.15, 0.2) is 5.82 Å². The molecule has 1 aliphatic carbocycles. The Bertz CT molecular complexity index is 1580. The van der Waals surface area contributed by atoms with Crippen LogP contribution < -0.4 is 5.32 Å². The molecule has 2 aliphatic rings. The normalized spacial score (nSPS) is 17.4. The van der Waals surface area contributed by atoms with Gasteiger partial charge in [-0.1, -0.05) is 12.1 Å². The van der Waals surface area contributed by atoms with E-state index >= 15 is 0 Å². The summed E-state index contributed by atoms with van der Waals surface area (Å²) in [5, 5.41) is 29.6. The number of nitrogens with one attached hydrogen (secondary N) is 3. The van der Waals surface area contributed by atoms with Gasteiger partial charge in [0.25, 0.3) is 11.8 Å². The fourth-order valence-electron chi connectivity index (χ4n) is 6.84. The van der Waals surface area contributed by atoms with Crippen LogP contribution in [0.3, 0.4) is 0 Å². The number of rotatable bonds is 8. The zero-order valence-corrected chi connectivity index (χ0v) is 27.1. The van der Waals surface area contributed by atoms with Gasteiger partial charge in [-0.3, -0.25) is 20.1 Å².